The molecule has 0 aromatic carbocycles. The minimum absolute atomic E-state index is 0.202. The minimum Gasteiger partial charge on any atom is -0.467 e. The second-order valence-corrected chi connectivity index (χ2v) is 3.96. The Morgan fingerprint density at radius 1 is 1.12 bits per heavy atom. The van der Waals surface area contributed by atoms with Crippen LogP contribution in [0.3, 0.4) is 0 Å². The molecule has 0 atom stereocenters. The van der Waals surface area contributed by atoms with Gasteiger partial charge < -0.3 is 19.5 Å². The monoisotopic (exact) mass is 226 g/mol. The van der Waals surface area contributed by atoms with Gasteiger partial charge in [0.05, 0.1) is 32.9 Å². The zero-order valence-electron chi connectivity index (χ0n) is 9.47. The van der Waals surface area contributed by atoms with E-state index >= 15 is 0 Å². The Bertz CT molecular complexity index is 366. The maximum absolute atomic E-state index is 9.62. The highest BCUT2D eigenvalue weighted by Gasteiger charge is 2.38. The summed E-state index contributed by atoms with van der Waals surface area (Å²) in [7, 11) is 2.95. The first-order valence-electron chi connectivity index (χ1n) is 4.85. The Morgan fingerprint density at radius 2 is 1.62 bits per heavy atom. The van der Waals surface area contributed by atoms with Crippen LogP contribution in [0.15, 0.2) is 0 Å². The number of ether oxygens (including phenoxy) is 2. The summed E-state index contributed by atoms with van der Waals surface area (Å²) < 4.78 is 9.87. The maximum Gasteiger partial charge on any atom is 0.324 e. The van der Waals surface area contributed by atoms with E-state index in [1.165, 1.54) is 14.2 Å². The number of β-amino-alcohol motifs (C(OH)–C–C–N with tert-alkyl or cyclic N) is 1. The van der Waals surface area contributed by atoms with Gasteiger partial charge in [-0.3, -0.25) is 0 Å². The average Bonchev–Trinajstić information content (AvgIpc) is 2.25. The first-order chi connectivity index (χ1) is 7.54. The number of methoxy groups -OCH3 is 2. The number of aromatic nitrogens is 3. The molecule has 7 nitrogen and oxygen atoms in total. The van der Waals surface area contributed by atoms with E-state index in [2.05, 4.69) is 15.0 Å². The fourth-order valence-corrected chi connectivity index (χ4v) is 1.57. The van der Waals surface area contributed by atoms with Crippen LogP contribution in [-0.2, 0) is 0 Å². The average molecular weight is 226 g/mol. The van der Waals surface area contributed by atoms with Crippen LogP contribution in [0.25, 0.3) is 0 Å². The fraction of sp³-hybridized carbons (Fsp3) is 0.667. The molecule has 1 aliphatic heterocycles. The summed E-state index contributed by atoms with van der Waals surface area (Å²) >= 11 is 0. The van der Waals surface area contributed by atoms with Crippen LogP contribution >= 0.6 is 0 Å². The molecule has 1 aliphatic rings. The first kappa shape index (κ1) is 10.9. The standard InChI is InChI=1S/C9H14N4O3/c1-9(14)4-13(5-9)6-10-7(15-2)12-8(11-6)16-3/h14H,4-5H2,1-3H3. The fourth-order valence-electron chi connectivity index (χ4n) is 1.57. The van der Waals surface area contributed by atoms with Gasteiger partial charge in [0.15, 0.2) is 0 Å². The molecule has 1 N–H and O–H groups in total. The van der Waals surface area contributed by atoms with Crippen molar-refractivity contribution in [1.29, 1.82) is 0 Å². The van der Waals surface area contributed by atoms with E-state index in [4.69, 9.17) is 9.47 Å². The van der Waals surface area contributed by atoms with Gasteiger partial charge in [-0.15, -0.1) is 4.98 Å². The topological polar surface area (TPSA) is 80.6 Å². The molecule has 1 saturated heterocycles. The highest BCUT2D eigenvalue weighted by atomic mass is 16.5. The van der Waals surface area contributed by atoms with Crippen LogP contribution in [-0.4, -0.2) is 53.0 Å². The van der Waals surface area contributed by atoms with Crippen LogP contribution in [0.4, 0.5) is 5.95 Å². The van der Waals surface area contributed by atoms with Gasteiger partial charge >= 0.3 is 12.0 Å². The van der Waals surface area contributed by atoms with Crippen LogP contribution in [0.1, 0.15) is 6.92 Å². The third kappa shape index (κ3) is 1.99. The van der Waals surface area contributed by atoms with Crippen molar-refractivity contribution >= 4 is 5.95 Å². The summed E-state index contributed by atoms with van der Waals surface area (Å²) in [4.78, 5) is 13.9. The SMILES string of the molecule is COc1nc(OC)nc(N2CC(C)(O)C2)n1. The molecule has 16 heavy (non-hydrogen) atoms. The smallest absolute Gasteiger partial charge is 0.324 e. The molecule has 1 fully saturated rings. The largest absolute Gasteiger partial charge is 0.467 e. The highest BCUT2D eigenvalue weighted by Crippen LogP contribution is 2.26. The summed E-state index contributed by atoms with van der Waals surface area (Å²) in [5.41, 5.74) is -0.674. The van der Waals surface area contributed by atoms with E-state index in [9.17, 15) is 5.11 Å². The van der Waals surface area contributed by atoms with Crippen molar-refractivity contribution in [3.63, 3.8) is 0 Å². The van der Waals surface area contributed by atoms with Crippen molar-refractivity contribution in [3.8, 4) is 12.0 Å². The lowest BCUT2D eigenvalue weighted by Gasteiger charge is -2.43. The maximum atomic E-state index is 9.62. The van der Waals surface area contributed by atoms with Gasteiger partial charge in [0.2, 0.25) is 5.95 Å². The Hall–Kier alpha value is -1.63. The van der Waals surface area contributed by atoms with Crippen LogP contribution in [0.5, 0.6) is 12.0 Å². The molecule has 1 aromatic heterocycles. The molecule has 1 aromatic rings. The lowest BCUT2D eigenvalue weighted by molar-refractivity contribution is 0.0297. The van der Waals surface area contributed by atoms with E-state index in [0.717, 1.165) is 0 Å². The molecule has 0 bridgehead atoms. The van der Waals surface area contributed by atoms with Gasteiger partial charge in [0, 0.05) is 0 Å². The number of nitrogens with zero attached hydrogens (tertiary/aromatic N) is 4. The van der Waals surface area contributed by atoms with Gasteiger partial charge in [0.25, 0.3) is 0 Å². The van der Waals surface area contributed by atoms with Crippen molar-refractivity contribution in [2.75, 3.05) is 32.2 Å². The summed E-state index contributed by atoms with van der Waals surface area (Å²) in [5.74, 6) is 0.454. The second kappa shape index (κ2) is 3.75. The molecular formula is C9H14N4O3. The van der Waals surface area contributed by atoms with E-state index < -0.39 is 5.60 Å². The Balaban J connectivity index is 2.21. The molecule has 2 rings (SSSR count). The van der Waals surface area contributed by atoms with Gasteiger partial charge in [-0.25, -0.2) is 0 Å². The van der Waals surface area contributed by atoms with Crippen molar-refractivity contribution < 1.29 is 14.6 Å². The zero-order valence-corrected chi connectivity index (χ0v) is 9.47. The third-order valence-corrected chi connectivity index (χ3v) is 2.29. The lowest BCUT2D eigenvalue weighted by Crippen LogP contribution is -2.60. The van der Waals surface area contributed by atoms with E-state index in [1.807, 2.05) is 4.90 Å². The second-order valence-electron chi connectivity index (χ2n) is 3.96. The van der Waals surface area contributed by atoms with Crippen molar-refractivity contribution in [3.05, 3.63) is 0 Å². The molecular weight excluding hydrogens is 212 g/mol. The number of anilines is 1. The normalized spacial score (nSPS) is 17.9. The third-order valence-electron chi connectivity index (χ3n) is 2.29. The van der Waals surface area contributed by atoms with Crippen LogP contribution in [0.2, 0.25) is 0 Å². The van der Waals surface area contributed by atoms with E-state index in [0.29, 0.717) is 19.0 Å². The molecule has 2 heterocycles. The Labute approximate surface area is 93.1 Å². The van der Waals surface area contributed by atoms with Crippen molar-refractivity contribution in [2.24, 2.45) is 0 Å². The summed E-state index contributed by atoms with van der Waals surface area (Å²) in [6.45, 7) is 2.74. The highest BCUT2D eigenvalue weighted by molar-refractivity contribution is 5.38. The molecule has 0 radical (unpaired) electrons. The predicted octanol–water partition coefficient (Wildman–Crippen LogP) is -0.540. The molecule has 0 aliphatic carbocycles. The predicted molar refractivity (Wildman–Crippen MR) is 55.8 cm³/mol. The zero-order chi connectivity index (χ0) is 11.8. The van der Waals surface area contributed by atoms with Crippen molar-refractivity contribution in [1.82, 2.24) is 15.0 Å². The number of rotatable bonds is 3. The van der Waals surface area contributed by atoms with Gasteiger partial charge in [0.1, 0.15) is 0 Å². The molecule has 88 valence electrons. The molecule has 0 saturated carbocycles. The number of hydrogen-bond donors (Lipinski definition) is 1. The molecule has 0 unspecified atom stereocenters. The summed E-state index contributed by atoms with van der Waals surface area (Å²) in [6, 6.07) is 0.404. The summed E-state index contributed by atoms with van der Waals surface area (Å²) in [5, 5.41) is 9.62. The Morgan fingerprint density at radius 3 is 2.00 bits per heavy atom. The van der Waals surface area contributed by atoms with Gasteiger partial charge in [-0.1, -0.05) is 0 Å². The van der Waals surface area contributed by atoms with Crippen LogP contribution < -0.4 is 14.4 Å². The minimum atomic E-state index is -0.674. The molecule has 7 heteroatoms. The molecule has 0 amide bonds. The van der Waals surface area contributed by atoms with E-state index in [-0.39, 0.29) is 12.0 Å². The lowest BCUT2D eigenvalue weighted by atomic mass is 9.98. The van der Waals surface area contributed by atoms with Crippen LogP contribution in [0, 0.1) is 0 Å². The quantitative estimate of drug-likeness (QED) is 0.741. The van der Waals surface area contributed by atoms with Gasteiger partial charge in [-0.2, -0.15) is 9.97 Å². The Kier molecular flexibility index (Phi) is 2.55. The van der Waals surface area contributed by atoms with Crippen molar-refractivity contribution in [2.45, 2.75) is 12.5 Å². The number of hydrogen-bond acceptors (Lipinski definition) is 7. The van der Waals surface area contributed by atoms with E-state index in [1.54, 1.807) is 6.92 Å². The molecule has 0 spiro atoms. The summed E-state index contributed by atoms with van der Waals surface area (Å²) in [6.07, 6.45) is 0. The van der Waals surface area contributed by atoms with Gasteiger partial charge in [-0.05, 0) is 6.92 Å². The first-order valence-corrected chi connectivity index (χ1v) is 4.85. The number of aliphatic hydroxyl groups is 1.